The molecule has 3 heterocycles. The van der Waals surface area contributed by atoms with E-state index in [1.807, 2.05) is 30.3 Å². The van der Waals surface area contributed by atoms with Gasteiger partial charge in [-0.25, -0.2) is 9.97 Å². The van der Waals surface area contributed by atoms with Crippen molar-refractivity contribution in [2.45, 2.75) is 18.6 Å². The fourth-order valence-corrected chi connectivity index (χ4v) is 3.76. The summed E-state index contributed by atoms with van der Waals surface area (Å²) in [5, 5.41) is 0. The van der Waals surface area contributed by atoms with Crippen LogP contribution in [0.15, 0.2) is 42.6 Å². The largest absolute Gasteiger partial charge is 0.433 e. The van der Waals surface area contributed by atoms with Crippen LogP contribution in [0.5, 0.6) is 0 Å². The number of hydrogen-bond acceptors (Lipinski definition) is 5. The highest BCUT2D eigenvalue weighted by molar-refractivity contribution is 5.99. The van der Waals surface area contributed by atoms with Crippen LogP contribution in [0, 0.1) is 0 Å². The number of hydrogen-bond donors (Lipinski definition) is 0. The third-order valence-electron chi connectivity index (χ3n) is 5.22. The quantitative estimate of drug-likeness (QED) is 0.805. The number of carbonyl (C=O) groups is 1. The number of benzene rings is 1. The minimum Gasteiger partial charge on any atom is -0.338 e. The van der Waals surface area contributed by atoms with Crippen LogP contribution in [0.4, 0.5) is 24.8 Å². The first kappa shape index (κ1) is 18.7. The molecule has 0 spiro atoms. The Balaban J connectivity index is 1.39. The van der Waals surface area contributed by atoms with Crippen molar-refractivity contribution in [1.29, 1.82) is 0 Å². The molecule has 1 unspecified atom stereocenters. The van der Waals surface area contributed by atoms with Gasteiger partial charge in [-0.3, -0.25) is 9.69 Å². The molecular weight excluding hydrogens is 371 g/mol. The minimum atomic E-state index is -4.49. The van der Waals surface area contributed by atoms with E-state index in [0.717, 1.165) is 24.4 Å². The van der Waals surface area contributed by atoms with Crippen molar-refractivity contribution in [3.63, 3.8) is 0 Å². The Hall–Kier alpha value is -2.68. The van der Waals surface area contributed by atoms with Crippen LogP contribution in [0.1, 0.15) is 12.1 Å². The predicted octanol–water partition coefficient (Wildman–Crippen LogP) is 2.42. The second kappa shape index (κ2) is 7.38. The van der Waals surface area contributed by atoms with Gasteiger partial charge in [0, 0.05) is 44.6 Å². The van der Waals surface area contributed by atoms with E-state index in [2.05, 4.69) is 14.9 Å². The lowest BCUT2D eigenvalue weighted by Crippen LogP contribution is -2.53. The van der Waals surface area contributed by atoms with Crippen LogP contribution < -0.4 is 9.80 Å². The molecule has 28 heavy (non-hydrogen) atoms. The highest BCUT2D eigenvalue weighted by Crippen LogP contribution is 2.29. The first-order valence-electron chi connectivity index (χ1n) is 9.19. The Morgan fingerprint density at radius 2 is 1.68 bits per heavy atom. The van der Waals surface area contributed by atoms with Gasteiger partial charge in [-0.05, 0) is 24.6 Å². The smallest absolute Gasteiger partial charge is 0.338 e. The maximum Gasteiger partial charge on any atom is 0.433 e. The molecule has 6 nitrogen and oxygen atoms in total. The van der Waals surface area contributed by atoms with Crippen LogP contribution in [-0.4, -0.2) is 59.5 Å². The summed E-state index contributed by atoms with van der Waals surface area (Å²) in [4.78, 5) is 26.1. The first-order valence-corrected chi connectivity index (χ1v) is 9.19. The van der Waals surface area contributed by atoms with E-state index in [0.29, 0.717) is 32.7 Å². The Morgan fingerprint density at radius 3 is 2.36 bits per heavy atom. The SMILES string of the molecule is O=C1C(N2CCN(c3nccc(C(F)(F)F)n3)CC2)CCN1c1ccccc1. The lowest BCUT2D eigenvalue weighted by atomic mass is 10.2. The molecule has 0 aliphatic carbocycles. The lowest BCUT2D eigenvalue weighted by Gasteiger charge is -2.37. The van der Waals surface area contributed by atoms with Gasteiger partial charge in [-0.15, -0.1) is 0 Å². The van der Waals surface area contributed by atoms with Crippen molar-refractivity contribution >= 4 is 17.5 Å². The van der Waals surface area contributed by atoms with E-state index in [4.69, 9.17) is 0 Å². The average Bonchev–Trinajstić information content (AvgIpc) is 3.09. The van der Waals surface area contributed by atoms with E-state index in [1.54, 1.807) is 9.80 Å². The van der Waals surface area contributed by atoms with Crippen molar-refractivity contribution < 1.29 is 18.0 Å². The molecule has 1 aromatic heterocycles. The molecule has 0 bridgehead atoms. The third-order valence-corrected chi connectivity index (χ3v) is 5.22. The Bertz CT molecular complexity index is 837. The zero-order chi connectivity index (χ0) is 19.7. The number of nitrogens with zero attached hydrogens (tertiary/aromatic N) is 5. The van der Waals surface area contributed by atoms with Gasteiger partial charge < -0.3 is 9.80 Å². The summed E-state index contributed by atoms with van der Waals surface area (Å²) in [5.41, 5.74) is -0.0459. The number of halogens is 3. The monoisotopic (exact) mass is 391 g/mol. The number of piperazine rings is 1. The van der Waals surface area contributed by atoms with E-state index >= 15 is 0 Å². The second-order valence-electron chi connectivity index (χ2n) is 6.89. The van der Waals surface area contributed by atoms with Crippen LogP contribution in [0.25, 0.3) is 0 Å². The fraction of sp³-hybridized carbons (Fsp3) is 0.421. The average molecular weight is 391 g/mol. The fourth-order valence-electron chi connectivity index (χ4n) is 3.76. The number of amides is 1. The lowest BCUT2D eigenvalue weighted by molar-refractivity contribution is -0.141. The molecule has 9 heteroatoms. The van der Waals surface area contributed by atoms with Gasteiger partial charge in [0.25, 0.3) is 0 Å². The van der Waals surface area contributed by atoms with Crippen molar-refractivity contribution in [3.05, 3.63) is 48.3 Å². The van der Waals surface area contributed by atoms with Crippen molar-refractivity contribution in [1.82, 2.24) is 14.9 Å². The molecule has 148 valence electrons. The summed E-state index contributed by atoms with van der Waals surface area (Å²) in [6.07, 6.45) is -2.61. The maximum atomic E-state index is 12.9. The maximum absolute atomic E-state index is 12.9. The molecule has 0 N–H and O–H groups in total. The Kier molecular flexibility index (Phi) is 4.92. The van der Waals surface area contributed by atoms with Gasteiger partial charge in [0.2, 0.25) is 11.9 Å². The van der Waals surface area contributed by atoms with Gasteiger partial charge in [-0.1, -0.05) is 18.2 Å². The van der Waals surface area contributed by atoms with Gasteiger partial charge in [0.1, 0.15) is 5.69 Å². The molecule has 1 aromatic carbocycles. The standard InChI is InChI=1S/C19H20F3N5O/c20-19(21,22)16-6-8-23-18(24-16)26-12-10-25(11-13-26)15-7-9-27(17(15)28)14-4-2-1-3-5-14/h1-6,8,15H,7,9-13H2. The highest BCUT2D eigenvalue weighted by Gasteiger charge is 2.38. The number of rotatable bonds is 3. The molecule has 1 atom stereocenters. The van der Waals surface area contributed by atoms with E-state index in [-0.39, 0.29) is 17.9 Å². The van der Waals surface area contributed by atoms with E-state index in [9.17, 15) is 18.0 Å². The zero-order valence-corrected chi connectivity index (χ0v) is 15.1. The number of alkyl halides is 3. The van der Waals surface area contributed by atoms with Crippen molar-refractivity contribution in [3.8, 4) is 0 Å². The second-order valence-corrected chi connectivity index (χ2v) is 6.89. The minimum absolute atomic E-state index is 0.0787. The molecule has 1 amide bonds. The summed E-state index contributed by atoms with van der Waals surface area (Å²) >= 11 is 0. The van der Waals surface area contributed by atoms with Crippen LogP contribution in [-0.2, 0) is 11.0 Å². The van der Waals surface area contributed by atoms with Crippen molar-refractivity contribution in [2.24, 2.45) is 0 Å². The van der Waals surface area contributed by atoms with E-state index in [1.165, 1.54) is 0 Å². The van der Waals surface area contributed by atoms with Gasteiger partial charge in [-0.2, -0.15) is 13.2 Å². The summed E-state index contributed by atoms with van der Waals surface area (Å²) < 4.78 is 38.6. The van der Waals surface area contributed by atoms with Gasteiger partial charge in [0.05, 0.1) is 6.04 Å². The molecule has 2 aliphatic heterocycles. The van der Waals surface area contributed by atoms with E-state index < -0.39 is 11.9 Å². The molecule has 0 radical (unpaired) electrons. The normalized spacial score (nSPS) is 21.4. The number of anilines is 2. The summed E-state index contributed by atoms with van der Waals surface area (Å²) in [6, 6.07) is 10.2. The zero-order valence-electron chi connectivity index (χ0n) is 15.1. The first-order chi connectivity index (χ1) is 13.4. The van der Waals surface area contributed by atoms with Crippen LogP contribution >= 0.6 is 0 Å². The van der Waals surface area contributed by atoms with Crippen LogP contribution in [0.3, 0.4) is 0 Å². The number of carbonyl (C=O) groups excluding carboxylic acids is 1. The Morgan fingerprint density at radius 1 is 0.964 bits per heavy atom. The van der Waals surface area contributed by atoms with Crippen molar-refractivity contribution in [2.75, 3.05) is 42.5 Å². The number of para-hydroxylation sites is 1. The molecule has 4 rings (SSSR count). The van der Waals surface area contributed by atoms with Gasteiger partial charge >= 0.3 is 6.18 Å². The summed E-state index contributed by atoms with van der Waals surface area (Å²) in [6.45, 7) is 2.80. The summed E-state index contributed by atoms with van der Waals surface area (Å²) in [5.74, 6) is 0.160. The number of aromatic nitrogens is 2. The molecule has 2 fully saturated rings. The Labute approximate surface area is 160 Å². The summed E-state index contributed by atoms with van der Waals surface area (Å²) in [7, 11) is 0. The molecule has 2 aromatic rings. The van der Waals surface area contributed by atoms with Crippen LogP contribution in [0.2, 0.25) is 0 Å². The molecule has 2 saturated heterocycles. The predicted molar refractivity (Wildman–Crippen MR) is 98.0 cm³/mol. The topological polar surface area (TPSA) is 52.6 Å². The highest BCUT2D eigenvalue weighted by atomic mass is 19.4. The molecule has 0 saturated carbocycles. The molecule has 2 aliphatic rings. The van der Waals surface area contributed by atoms with Gasteiger partial charge in [0.15, 0.2) is 0 Å². The molecular formula is C19H20F3N5O. The third kappa shape index (κ3) is 3.66.